The molecule has 1 aliphatic rings. The number of hydrogen-bond acceptors (Lipinski definition) is 7. The largest absolute Gasteiger partial charge is 0.369 e. The van der Waals surface area contributed by atoms with Crippen LogP contribution < -0.4 is 10.2 Å². The highest BCUT2D eigenvalue weighted by molar-refractivity contribution is 7.99. The van der Waals surface area contributed by atoms with Crippen molar-refractivity contribution in [1.29, 1.82) is 0 Å². The Balaban J connectivity index is 1.54. The summed E-state index contributed by atoms with van der Waals surface area (Å²) >= 11 is 1.55. The lowest BCUT2D eigenvalue weighted by atomic mass is 10.2. The van der Waals surface area contributed by atoms with E-state index in [2.05, 4.69) is 68.1 Å². The molecule has 8 heteroatoms. The molecule has 1 aliphatic heterocycles. The Labute approximate surface area is 169 Å². The van der Waals surface area contributed by atoms with E-state index in [-0.39, 0.29) is 0 Å². The molecule has 0 saturated carbocycles. The molecule has 28 heavy (non-hydrogen) atoms. The highest BCUT2D eigenvalue weighted by Crippen LogP contribution is 2.23. The summed E-state index contributed by atoms with van der Waals surface area (Å²) in [6.07, 6.45) is 1.84. The van der Waals surface area contributed by atoms with Crippen LogP contribution in [-0.2, 0) is 0 Å². The molecule has 0 aliphatic carbocycles. The number of aryl methyl sites for hydroxylation is 1. The first kappa shape index (κ1) is 18.8. The minimum Gasteiger partial charge on any atom is -0.369 e. The topological polar surface area (TPSA) is 61.6 Å². The molecule has 0 spiro atoms. The lowest BCUT2D eigenvalue weighted by molar-refractivity contribution is 0.313. The Hall–Kier alpha value is -2.58. The van der Waals surface area contributed by atoms with E-state index in [1.807, 2.05) is 19.1 Å². The van der Waals surface area contributed by atoms with Crippen molar-refractivity contribution in [3.63, 3.8) is 0 Å². The molecule has 1 aromatic carbocycles. The van der Waals surface area contributed by atoms with Crippen LogP contribution in [0.2, 0.25) is 0 Å². The maximum atomic E-state index is 4.57. The molecule has 2 aromatic heterocycles. The fraction of sp³-hybridized carbons (Fsp3) is 0.350. The fourth-order valence-corrected chi connectivity index (χ4v) is 3.77. The van der Waals surface area contributed by atoms with E-state index in [4.69, 9.17) is 0 Å². The zero-order valence-corrected chi connectivity index (χ0v) is 17.1. The maximum Gasteiger partial charge on any atom is 0.255 e. The number of aromatic nitrogens is 4. The number of fused-ring (bicyclic) bond motifs is 1. The van der Waals surface area contributed by atoms with Gasteiger partial charge in [0.15, 0.2) is 0 Å². The molecule has 1 fully saturated rings. The number of thioether (sulfide) groups is 1. The van der Waals surface area contributed by atoms with Crippen LogP contribution in [0.15, 0.2) is 48.1 Å². The SMILES string of the molecule is C=CCSc1nc2nc(C)cc(Nc3ccc(N4CCN(C)CC4)cc3)n2n1. The summed E-state index contributed by atoms with van der Waals surface area (Å²) in [5.41, 5.74) is 3.18. The summed E-state index contributed by atoms with van der Waals surface area (Å²) in [6.45, 7) is 10.1. The summed E-state index contributed by atoms with van der Waals surface area (Å²) in [7, 11) is 2.17. The number of anilines is 3. The number of hydrogen-bond donors (Lipinski definition) is 1. The van der Waals surface area contributed by atoms with Gasteiger partial charge in [0, 0.05) is 55.1 Å². The van der Waals surface area contributed by atoms with Gasteiger partial charge in [0.05, 0.1) is 0 Å². The Morgan fingerprint density at radius 2 is 1.89 bits per heavy atom. The van der Waals surface area contributed by atoms with Gasteiger partial charge in [-0.05, 0) is 38.2 Å². The van der Waals surface area contributed by atoms with Gasteiger partial charge in [-0.3, -0.25) is 0 Å². The Kier molecular flexibility index (Phi) is 5.50. The van der Waals surface area contributed by atoms with Gasteiger partial charge >= 0.3 is 0 Å². The third-order valence-corrected chi connectivity index (χ3v) is 5.59. The first-order chi connectivity index (χ1) is 13.6. The molecule has 1 N–H and O–H groups in total. The van der Waals surface area contributed by atoms with E-state index in [9.17, 15) is 0 Å². The lowest BCUT2D eigenvalue weighted by Crippen LogP contribution is -2.44. The van der Waals surface area contributed by atoms with Gasteiger partial charge < -0.3 is 15.1 Å². The van der Waals surface area contributed by atoms with E-state index < -0.39 is 0 Å². The van der Waals surface area contributed by atoms with Crippen LogP contribution in [0.3, 0.4) is 0 Å². The van der Waals surface area contributed by atoms with Crippen LogP contribution in [0.25, 0.3) is 5.78 Å². The highest BCUT2D eigenvalue weighted by atomic mass is 32.2. The number of nitrogens with one attached hydrogen (secondary N) is 1. The van der Waals surface area contributed by atoms with E-state index in [1.165, 1.54) is 5.69 Å². The van der Waals surface area contributed by atoms with Gasteiger partial charge in [-0.2, -0.15) is 9.50 Å². The van der Waals surface area contributed by atoms with Gasteiger partial charge in [0.1, 0.15) is 5.82 Å². The van der Waals surface area contributed by atoms with Crippen molar-refractivity contribution >= 4 is 34.7 Å². The molecular weight excluding hydrogens is 370 g/mol. The normalized spacial score (nSPS) is 15.1. The molecule has 146 valence electrons. The summed E-state index contributed by atoms with van der Waals surface area (Å²) in [6, 6.07) is 10.5. The molecule has 3 heterocycles. The van der Waals surface area contributed by atoms with Gasteiger partial charge in [0.2, 0.25) is 5.16 Å². The molecule has 0 radical (unpaired) electrons. The number of nitrogens with zero attached hydrogens (tertiary/aromatic N) is 6. The van der Waals surface area contributed by atoms with Crippen LogP contribution in [0.5, 0.6) is 0 Å². The maximum absolute atomic E-state index is 4.57. The van der Waals surface area contributed by atoms with Crippen molar-refractivity contribution in [2.24, 2.45) is 0 Å². The van der Waals surface area contributed by atoms with E-state index in [0.717, 1.165) is 49.1 Å². The zero-order chi connectivity index (χ0) is 19.5. The van der Waals surface area contributed by atoms with Gasteiger partial charge in [0.25, 0.3) is 5.78 Å². The first-order valence-electron chi connectivity index (χ1n) is 9.41. The number of rotatable bonds is 6. The summed E-state index contributed by atoms with van der Waals surface area (Å²) in [5, 5.41) is 8.73. The van der Waals surface area contributed by atoms with Crippen molar-refractivity contribution in [1.82, 2.24) is 24.5 Å². The van der Waals surface area contributed by atoms with E-state index in [0.29, 0.717) is 10.9 Å². The fourth-order valence-electron chi connectivity index (χ4n) is 3.22. The highest BCUT2D eigenvalue weighted by Gasteiger charge is 2.14. The monoisotopic (exact) mass is 395 g/mol. The number of benzene rings is 1. The van der Waals surface area contributed by atoms with Crippen LogP contribution in [0.1, 0.15) is 5.69 Å². The molecule has 1 saturated heterocycles. The Morgan fingerprint density at radius 1 is 1.14 bits per heavy atom. The van der Waals surface area contributed by atoms with Gasteiger partial charge in [-0.1, -0.05) is 17.8 Å². The number of piperazine rings is 1. The van der Waals surface area contributed by atoms with E-state index >= 15 is 0 Å². The quantitative estimate of drug-likeness (QED) is 0.508. The zero-order valence-electron chi connectivity index (χ0n) is 16.3. The summed E-state index contributed by atoms with van der Waals surface area (Å²) in [5.74, 6) is 2.22. The first-order valence-corrected chi connectivity index (χ1v) is 10.4. The molecule has 4 rings (SSSR count). The van der Waals surface area contributed by atoms with Crippen molar-refractivity contribution in [3.8, 4) is 0 Å². The predicted octanol–water partition coefficient (Wildman–Crippen LogP) is 3.21. The predicted molar refractivity (Wildman–Crippen MR) is 116 cm³/mol. The van der Waals surface area contributed by atoms with Crippen molar-refractivity contribution in [2.45, 2.75) is 12.1 Å². The standard InChI is InChI=1S/C20H25N7S/c1-4-13-28-20-23-19-21-15(2)14-18(27(19)24-20)22-16-5-7-17(8-6-16)26-11-9-25(3)10-12-26/h4-8,14,22H,1,9-13H2,2-3H3. The third-order valence-electron chi connectivity index (χ3n) is 4.76. The van der Waals surface area contributed by atoms with Crippen LogP contribution >= 0.6 is 11.8 Å². The smallest absolute Gasteiger partial charge is 0.255 e. The second-order valence-corrected chi connectivity index (χ2v) is 7.94. The van der Waals surface area contributed by atoms with Crippen molar-refractivity contribution in [3.05, 3.63) is 48.7 Å². The second kappa shape index (κ2) is 8.20. The van der Waals surface area contributed by atoms with Crippen molar-refractivity contribution in [2.75, 3.05) is 49.2 Å². The van der Waals surface area contributed by atoms with Crippen LogP contribution in [-0.4, -0.2) is 63.5 Å². The molecule has 0 amide bonds. The Bertz CT molecular complexity index is 959. The van der Waals surface area contributed by atoms with Gasteiger partial charge in [-0.25, -0.2) is 4.98 Å². The average molecular weight is 396 g/mol. The Morgan fingerprint density at radius 3 is 2.61 bits per heavy atom. The molecule has 0 atom stereocenters. The molecule has 3 aromatic rings. The molecular formula is C20H25N7S. The third kappa shape index (κ3) is 4.13. The molecule has 7 nitrogen and oxygen atoms in total. The summed E-state index contributed by atoms with van der Waals surface area (Å²) in [4.78, 5) is 13.8. The van der Waals surface area contributed by atoms with Gasteiger partial charge in [-0.15, -0.1) is 11.7 Å². The lowest BCUT2D eigenvalue weighted by Gasteiger charge is -2.34. The van der Waals surface area contributed by atoms with Crippen LogP contribution in [0.4, 0.5) is 17.2 Å². The average Bonchev–Trinajstić information content (AvgIpc) is 3.10. The molecule has 0 unspecified atom stereocenters. The number of likely N-dealkylation sites (N-methyl/N-ethyl adjacent to an activating group) is 1. The van der Waals surface area contributed by atoms with Crippen LogP contribution in [0, 0.1) is 6.92 Å². The minimum absolute atomic E-state index is 0.600. The second-order valence-electron chi connectivity index (χ2n) is 6.95. The minimum atomic E-state index is 0.600. The summed E-state index contributed by atoms with van der Waals surface area (Å²) < 4.78 is 1.76. The van der Waals surface area contributed by atoms with Crippen molar-refractivity contribution < 1.29 is 0 Å². The van der Waals surface area contributed by atoms with E-state index in [1.54, 1.807) is 16.3 Å². The molecule has 0 bridgehead atoms.